The molecule has 0 radical (unpaired) electrons. The second-order valence-corrected chi connectivity index (χ2v) is 8.51. The van der Waals surface area contributed by atoms with Crippen LogP contribution in [0.3, 0.4) is 0 Å². The van der Waals surface area contributed by atoms with Gasteiger partial charge < -0.3 is 9.67 Å². The lowest BCUT2D eigenvalue weighted by Gasteiger charge is -2.34. The maximum atomic E-state index is 12.4. The fourth-order valence-electron chi connectivity index (χ4n) is 3.96. The largest absolute Gasteiger partial charge is 0.477 e. The lowest BCUT2D eigenvalue weighted by Crippen LogP contribution is -2.28. The van der Waals surface area contributed by atoms with E-state index in [1.165, 1.54) is 30.5 Å². The van der Waals surface area contributed by atoms with Crippen molar-refractivity contribution in [2.45, 2.75) is 33.2 Å². The number of benzene rings is 1. The molecule has 0 bridgehead atoms. The number of hydrogen-bond donors (Lipinski definition) is 1. The molecule has 1 aliphatic rings. The van der Waals surface area contributed by atoms with E-state index in [0.717, 1.165) is 21.7 Å². The van der Waals surface area contributed by atoms with Crippen LogP contribution in [0.5, 0.6) is 0 Å². The number of hydrogen-bond acceptors (Lipinski definition) is 5. The molecule has 1 N–H and O–H groups in total. The topological polar surface area (TPSA) is 89.3 Å². The molecule has 1 unspecified atom stereocenters. The summed E-state index contributed by atoms with van der Waals surface area (Å²) in [5.41, 5.74) is 3.03. The minimum absolute atomic E-state index is 0.00326. The summed E-state index contributed by atoms with van der Waals surface area (Å²) in [6.45, 7) is 5.66. The van der Waals surface area contributed by atoms with E-state index < -0.39 is 11.4 Å². The van der Waals surface area contributed by atoms with Crippen LogP contribution in [0, 0.1) is 5.92 Å². The van der Waals surface area contributed by atoms with Gasteiger partial charge in [-0.1, -0.05) is 13.8 Å². The van der Waals surface area contributed by atoms with Gasteiger partial charge in [-0.25, -0.2) is 9.78 Å². The van der Waals surface area contributed by atoms with Gasteiger partial charge in [0, 0.05) is 46.6 Å². The Morgan fingerprint density at radius 2 is 1.97 bits per heavy atom. The van der Waals surface area contributed by atoms with Crippen molar-refractivity contribution in [1.29, 1.82) is 0 Å². The Morgan fingerprint density at radius 1 is 1.21 bits per heavy atom. The van der Waals surface area contributed by atoms with Crippen molar-refractivity contribution < 1.29 is 14.7 Å². The molecule has 7 heteroatoms. The number of fused-ring (bicyclic) bond motifs is 3. The van der Waals surface area contributed by atoms with Gasteiger partial charge in [0.1, 0.15) is 10.6 Å². The summed E-state index contributed by atoms with van der Waals surface area (Å²) in [7, 11) is 0. The Kier molecular flexibility index (Phi) is 4.70. The first-order valence-corrected chi connectivity index (χ1v) is 10.2. The lowest BCUT2D eigenvalue weighted by atomic mass is 9.84. The molecule has 2 aromatic heterocycles. The molecule has 6 nitrogen and oxygen atoms in total. The summed E-state index contributed by atoms with van der Waals surface area (Å²) in [6, 6.07) is 5.20. The zero-order chi connectivity index (χ0) is 20.9. The van der Waals surface area contributed by atoms with Crippen LogP contribution < -0.4 is 5.43 Å². The van der Waals surface area contributed by atoms with E-state index in [1.54, 1.807) is 6.20 Å². The van der Waals surface area contributed by atoms with E-state index in [1.807, 2.05) is 22.1 Å². The standard InChI is InChI=1S/C22H20N2O4S/c1-11(2)18-7-13-6-16(21-23-4-5-29-21)14(12(3)25)8-15(13)19-9-20(26)17(22(27)28)10-24(18)19/h4-6,8-11,18H,7H2,1-3H3,(H,27,28). The highest BCUT2D eigenvalue weighted by Crippen LogP contribution is 2.41. The summed E-state index contributed by atoms with van der Waals surface area (Å²) in [5, 5.41) is 12.0. The SMILES string of the molecule is CC(=O)c1cc2c(cc1-c1nccs1)CC(C(C)C)n1cc(C(=O)O)c(=O)cc1-2. The smallest absolute Gasteiger partial charge is 0.341 e. The van der Waals surface area contributed by atoms with Crippen LogP contribution in [-0.4, -0.2) is 26.4 Å². The normalized spacial score (nSPS) is 15.1. The number of nitrogens with zero attached hydrogens (tertiary/aromatic N) is 2. The Labute approximate surface area is 171 Å². The van der Waals surface area contributed by atoms with Crippen LogP contribution in [0.25, 0.3) is 21.8 Å². The number of carbonyl (C=O) groups excluding carboxylic acids is 1. The molecule has 29 heavy (non-hydrogen) atoms. The van der Waals surface area contributed by atoms with Gasteiger partial charge >= 0.3 is 5.97 Å². The van der Waals surface area contributed by atoms with E-state index in [-0.39, 0.29) is 23.3 Å². The second kappa shape index (κ2) is 7.08. The summed E-state index contributed by atoms with van der Waals surface area (Å²) in [6.07, 6.45) is 3.83. The quantitative estimate of drug-likeness (QED) is 0.651. The minimum Gasteiger partial charge on any atom is -0.477 e. The van der Waals surface area contributed by atoms with E-state index in [2.05, 4.69) is 18.8 Å². The third-order valence-electron chi connectivity index (χ3n) is 5.43. The Hall–Kier alpha value is -3.06. The van der Waals surface area contributed by atoms with Gasteiger partial charge in [-0.05, 0) is 37.0 Å². The Bertz CT molecular complexity index is 1190. The van der Waals surface area contributed by atoms with E-state index in [4.69, 9.17) is 0 Å². The van der Waals surface area contributed by atoms with E-state index in [0.29, 0.717) is 17.7 Å². The van der Waals surface area contributed by atoms with Gasteiger partial charge in [-0.2, -0.15) is 0 Å². The van der Waals surface area contributed by atoms with Crippen molar-refractivity contribution in [2.75, 3.05) is 0 Å². The predicted octanol–water partition coefficient (Wildman–Crippen LogP) is 4.29. The van der Waals surface area contributed by atoms with Gasteiger partial charge in [0.15, 0.2) is 11.2 Å². The molecule has 4 rings (SSSR count). The number of rotatable bonds is 4. The predicted molar refractivity (Wildman–Crippen MR) is 112 cm³/mol. The van der Waals surface area contributed by atoms with Crippen molar-refractivity contribution >= 4 is 23.1 Å². The molecule has 0 spiro atoms. The maximum absolute atomic E-state index is 12.4. The molecule has 1 aliphatic heterocycles. The summed E-state index contributed by atoms with van der Waals surface area (Å²) in [5.74, 6) is -1.09. The molecule has 1 aromatic carbocycles. The van der Waals surface area contributed by atoms with Crippen LogP contribution in [0.2, 0.25) is 0 Å². The van der Waals surface area contributed by atoms with Crippen molar-refractivity contribution in [1.82, 2.24) is 9.55 Å². The van der Waals surface area contributed by atoms with Crippen molar-refractivity contribution in [3.8, 4) is 21.8 Å². The molecule has 1 atom stereocenters. The number of carbonyl (C=O) groups is 2. The number of Topliss-reactive ketones (excluding diaryl/α,β-unsaturated/α-hetero) is 1. The van der Waals surface area contributed by atoms with Crippen LogP contribution in [0.4, 0.5) is 0 Å². The summed E-state index contributed by atoms with van der Waals surface area (Å²) < 4.78 is 1.88. The third-order valence-corrected chi connectivity index (χ3v) is 6.23. The summed E-state index contributed by atoms with van der Waals surface area (Å²) >= 11 is 1.47. The molecule has 148 valence electrons. The molecule has 0 saturated heterocycles. The van der Waals surface area contributed by atoms with E-state index in [9.17, 15) is 19.5 Å². The number of pyridine rings is 1. The first-order chi connectivity index (χ1) is 13.8. The second-order valence-electron chi connectivity index (χ2n) is 7.61. The molecule has 0 fully saturated rings. The highest BCUT2D eigenvalue weighted by Gasteiger charge is 2.29. The van der Waals surface area contributed by atoms with Crippen molar-refractivity contribution in [3.63, 3.8) is 0 Å². The first-order valence-electron chi connectivity index (χ1n) is 9.35. The molecule has 0 amide bonds. The van der Waals surface area contributed by atoms with Gasteiger partial charge in [-0.3, -0.25) is 9.59 Å². The fourth-order valence-corrected chi connectivity index (χ4v) is 4.63. The molecule has 3 aromatic rings. The first kappa shape index (κ1) is 19.3. The zero-order valence-corrected chi connectivity index (χ0v) is 17.1. The average Bonchev–Trinajstić information content (AvgIpc) is 3.20. The van der Waals surface area contributed by atoms with Gasteiger partial charge in [0.2, 0.25) is 0 Å². The lowest BCUT2D eigenvalue weighted by molar-refractivity contribution is 0.0694. The molecular formula is C22H20N2O4S. The molecule has 0 aliphatic carbocycles. The number of carboxylic acids is 1. The van der Waals surface area contributed by atoms with Crippen molar-refractivity contribution in [3.05, 3.63) is 62.9 Å². The zero-order valence-electron chi connectivity index (χ0n) is 16.3. The average molecular weight is 408 g/mol. The minimum atomic E-state index is -1.23. The molecular weight excluding hydrogens is 388 g/mol. The fraction of sp³-hybridized carbons (Fsp3) is 0.273. The number of ketones is 1. The molecule has 3 heterocycles. The van der Waals surface area contributed by atoms with Gasteiger partial charge in [0.05, 0.1) is 5.69 Å². The van der Waals surface area contributed by atoms with Crippen LogP contribution in [-0.2, 0) is 6.42 Å². The monoisotopic (exact) mass is 408 g/mol. The van der Waals surface area contributed by atoms with E-state index >= 15 is 0 Å². The van der Waals surface area contributed by atoms with Crippen molar-refractivity contribution in [2.24, 2.45) is 5.92 Å². The number of carboxylic acid groups (broad SMARTS) is 1. The van der Waals surface area contributed by atoms with Crippen LogP contribution in [0.15, 0.2) is 40.8 Å². The number of aromatic nitrogens is 2. The summed E-state index contributed by atoms with van der Waals surface area (Å²) in [4.78, 5) is 40.6. The van der Waals surface area contributed by atoms with Gasteiger partial charge in [-0.15, -0.1) is 11.3 Å². The Balaban J connectivity index is 2.02. The van der Waals surface area contributed by atoms with Crippen LogP contribution >= 0.6 is 11.3 Å². The van der Waals surface area contributed by atoms with Crippen LogP contribution in [0.1, 0.15) is 53.1 Å². The number of aromatic carboxylic acids is 1. The third kappa shape index (κ3) is 3.21. The molecule has 0 saturated carbocycles. The van der Waals surface area contributed by atoms with Gasteiger partial charge in [0.25, 0.3) is 0 Å². The maximum Gasteiger partial charge on any atom is 0.341 e. The highest BCUT2D eigenvalue weighted by molar-refractivity contribution is 7.13. The Morgan fingerprint density at radius 3 is 2.55 bits per heavy atom. The highest BCUT2D eigenvalue weighted by atomic mass is 32.1. The number of thiazole rings is 1.